The minimum absolute atomic E-state index is 0.154. The molecule has 1 aliphatic heterocycles. The first kappa shape index (κ1) is 33.2. The van der Waals surface area contributed by atoms with E-state index in [1.807, 2.05) is 0 Å². The molecule has 4 unspecified atom stereocenters. The molecule has 0 bridgehead atoms. The van der Waals surface area contributed by atoms with Crippen LogP contribution in [0.4, 0.5) is 18.0 Å². The van der Waals surface area contributed by atoms with Gasteiger partial charge in [-0.1, -0.05) is 19.1 Å². The topological polar surface area (TPSA) is 149 Å². The van der Waals surface area contributed by atoms with Crippen LogP contribution in [-0.4, -0.2) is 77.4 Å². The Morgan fingerprint density at radius 1 is 1.12 bits per heavy atom. The lowest BCUT2D eigenvalue weighted by Crippen LogP contribution is -2.51. The number of ether oxygens (including phenoxy) is 2. The highest BCUT2D eigenvalue weighted by Gasteiger charge is 2.41. The van der Waals surface area contributed by atoms with Crippen LogP contribution in [0.25, 0.3) is 0 Å². The Morgan fingerprint density at radius 2 is 1.75 bits per heavy atom. The van der Waals surface area contributed by atoms with Crippen molar-refractivity contribution in [3.8, 4) is 0 Å². The Labute approximate surface area is 233 Å². The van der Waals surface area contributed by atoms with E-state index in [0.717, 1.165) is 6.42 Å². The number of likely N-dealkylation sites (tertiary alicyclic amines) is 1. The van der Waals surface area contributed by atoms with Gasteiger partial charge in [0.05, 0.1) is 18.1 Å². The van der Waals surface area contributed by atoms with Crippen molar-refractivity contribution in [2.24, 2.45) is 5.92 Å². The number of carbonyl (C=O) groups excluding carboxylic acids is 4. The molecule has 1 aromatic rings. The Kier molecular flexibility index (Phi) is 11.6. The number of halogens is 3. The molecule has 11 nitrogen and oxygen atoms in total. The molecule has 3 N–H and O–H groups in total. The van der Waals surface area contributed by atoms with Crippen LogP contribution in [0.1, 0.15) is 46.1 Å². The number of hydrogen-bond acceptors (Lipinski definition) is 7. The van der Waals surface area contributed by atoms with E-state index in [4.69, 9.17) is 9.47 Å². The molecular formula is C25H35F3N4O7S. The normalized spacial score (nSPS) is 17.9. The van der Waals surface area contributed by atoms with E-state index < -0.39 is 71.6 Å². The van der Waals surface area contributed by atoms with E-state index in [1.54, 1.807) is 37.9 Å². The van der Waals surface area contributed by atoms with Crippen molar-refractivity contribution < 1.29 is 46.4 Å². The number of benzene rings is 1. The van der Waals surface area contributed by atoms with Gasteiger partial charge in [0.15, 0.2) is 4.90 Å². The maximum atomic E-state index is 12.8. The van der Waals surface area contributed by atoms with Crippen molar-refractivity contribution in [3.05, 3.63) is 29.8 Å². The monoisotopic (exact) mass is 592 g/mol. The van der Waals surface area contributed by atoms with Crippen molar-refractivity contribution >= 4 is 35.2 Å². The van der Waals surface area contributed by atoms with Crippen LogP contribution >= 0.6 is 0 Å². The molecule has 15 heteroatoms. The van der Waals surface area contributed by atoms with E-state index in [-0.39, 0.29) is 11.4 Å². The zero-order valence-electron chi connectivity index (χ0n) is 22.9. The predicted molar refractivity (Wildman–Crippen MR) is 138 cm³/mol. The molecule has 1 saturated heterocycles. The number of hydrogen-bond donors (Lipinski definition) is 3. The standard InChI is InChI=1S/C25H35F3N4O7S/c1-15(20(38-5)18-7-6-12-32(18)23(36)39-24(2,3)4)21(34)29-14-19(33)31-40(37)17-10-8-16(9-11-17)13-30-22(35)25(26,27)28/h8-11,15,18,20H,6-7,12-14H2,1-5H3,(H,29,34)(H,30,35)(H,31,33). The van der Waals surface area contributed by atoms with Gasteiger partial charge in [0, 0.05) is 20.2 Å². The third kappa shape index (κ3) is 9.86. The van der Waals surface area contributed by atoms with Gasteiger partial charge in [-0.25, -0.2) is 4.79 Å². The maximum absolute atomic E-state index is 12.8. The van der Waals surface area contributed by atoms with Gasteiger partial charge in [-0.2, -0.15) is 17.9 Å². The summed E-state index contributed by atoms with van der Waals surface area (Å²) < 4.78 is 62.6. The number of alkyl halides is 3. The van der Waals surface area contributed by atoms with Gasteiger partial charge < -0.3 is 29.6 Å². The fourth-order valence-electron chi connectivity index (χ4n) is 4.07. The summed E-state index contributed by atoms with van der Waals surface area (Å²) in [6.07, 6.45) is -4.82. The zero-order valence-corrected chi connectivity index (χ0v) is 23.7. The first-order chi connectivity index (χ1) is 18.5. The van der Waals surface area contributed by atoms with Gasteiger partial charge in [0.1, 0.15) is 23.5 Å². The highest BCUT2D eigenvalue weighted by Crippen LogP contribution is 2.28. The van der Waals surface area contributed by atoms with Crippen LogP contribution < -0.4 is 15.4 Å². The Morgan fingerprint density at radius 3 is 2.30 bits per heavy atom. The first-order valence-electron chi connectivity index (χ1n) is 12.5. The maximum Gasteiger partial charge on any atom is 0.471 e. The number of nitrogens with zero attached hydrogens (tertiary/aromatic N) is 1. The minimum Gasteiger partial charge on any atom is -0.588 e. The fourth-order valence-corrected chi connectivity index (χ4v) is 4.85. The molecule has 40 heavy (non-hydrogen) atoms. The van der Waals surface area contributed by atoms with Gasteiger partial charge in [0.25, 0.3) is 5.91 Å². The van der Waals surface area contributed by atoms with E-state index in [9.17, 15) is 36.9 Å². The van der Waals surface area contributed by atoms with Crippen LogP contribution in [0.5, 0.6) is 0 Å². The highest BCUT2D eigenvalue weighted by atomic mass is 32.2. The Balaban J connectivity index is 1.87. The Bertz CT molecular complexity index is 1050. The molecular weight excluding hydrogens is 557 g/mol. The van der Waals surface area contributed by atoms with Crippen molar-refractivity contribution in [1.29, 1.82) is 0 Å². The molecule has 1 heterocycles. The fraction of sp³-hybridized carbons (Fsp3) is 0.600. The largest absolute Gasteiger partial charge is 0.588 e. The minimum atomic E-state index is -5.00. The lowest BCUT2D eigenvalue weighted by atomic mass is 9.95. The van der Waals surface area contributed by atoms with Crippen LogP contribution in [0.3, 0.4) is 0 Å². The van der Waals surface area contributed by atoms with Crippen LogP contribution in [-0.2, 0) is 41.8 Å². The second-order valence-corrected chi connectivity index (χ2v) is 11.4. The van der Waals surface area contributed by atoms with Crippen LogP contribution in [0.2, 0.25) is 0 Å². The average Bonchev–Trinajstić information content (AvgIpc) is 3.34. The SMILES string of the molecule is COC(C(C)C(=O)NCC(=O)N[S+]([O-])c1ccc(CNC(=O)C(F)(F)F)cc1)C1CCCN1C(=O)OC(C)(C)C. The third-order valence-corrected chi connectivity index (χ3v) is 7.08. The van der Waals surface area contributed by atoms with Gasteiger partial charge in [0.2, 0.25) is 5.91 Å². The second-order valence-electron chi connectivity index (χ2n) is 10.2. The Hall–Kier alpha value is -3.04. The summed E-state index contributed by atoms with van der Waals surface area (Å²) in [5.41, 5.74) is -0.356. The van der Waals surface area contributed by atoms with Crippen LogP contribution in [0, 0.1) is 5.92 Å². The van der Waals surface area contributed by atoms with Gasteiger partial charge in [-0.15, -0.1) is 0 Å². The lowest BCUT2D eigenvalue weighted by molar-refractivity contribution is -0.173. The first-order valence-corrected chi connectivity index (χ1v) is 13.6. The van der Waals surface area contributed by atoms with Gasteiger partial charge in [-0.3, -0.25) is 14.4 Å². The summed E-state index contributed by atoms with van der Waals surface area (Å²) in [5.74, 6) is -4.06. The molecule has 4 atom stereocenters. The van der Waals surface area contributed by atoms with E-state index >= 15 is 0 Å². The number of rotatable bonds is 10. The third-order valence-electron chi connectivity index (χ3n) is 5.96. The summed E-state index contributed by atoms with van der Waals surface area (Å²) in [4.78, 5) is 50.3. The van der Waals surface area contributed by atoms with Crippen molar-refractivity contribution in [2.45, 2.75) is 75.9 Å². The van der Waals surface area contributed by atoms with E-state index in [2.05, 4.69) is 10.0 Å². The summed E-state index contributed by atoms with van der Waals surface area (Å²) in [5, 5.41) is 4.19. The number of carbonyl (C=O) groups is 4. The van der Waals surface area contributed by atoms with Crippen molar-refractivity contribution in [2.75, 3.05) is 20.2 Å². The molecule has 0 aliphatic carbocycles. The van der Waals surface area contributed by atoms with E-state index in [1.165, 1.54) is 31.4 Å². The molecule has 0 aromatic heterocycles. The number of methoxy groups -OCH3 is 1. The molecule has 4 amide bonds. The summed E-state index contributed by atoms with van der Waals surface area (Å²) in [7, 11) is 1.44. The highest BCUT2D eigenvalue weighted by molar-refractivity contribution is 7.90. The molecule has 0 radical (unpaired) electrons. The summed E-state index contributed by atoms with van der Waals surface area (Å²) >= 11 is -2.01. The van der Waals surface area contributed by atoms with E-state index in [0.29, 0.717) is 18.5 Å². The summed E-state index contributed by atoms with van der Waals surface area (Å²) in [6.45, 7) is 6.49. The van der Waals surface area contributed by atoms with Gasteiger partial charge >= 0.3 is 18.2 Å². The zero-order chi connectivity index (χ0) is 30.3. The average molecular weight is 593 g/mol. The molecule has 1 fully saturated rings. The smallest absolute Gasteiger partial charge is 0.471 e. The quantitative estimate of drug-likeness (QED) is 0.353. The van der Waals surface area contributed by atoms with Crippen molar-refractivity contribution in [1.82, 2.24) is 20.3 Å². The number of nitrogens with one attached hydrogen (secondary N) is 3. The van der Waals surface area contributed by atoms with Crippen molar-refractivity contribution in [3.63, 3.8) is 0 Å². The second kappa shape index (κ2) is 14.0. The van der Waals surface area contributed by atoms with Gasteiger partial charge in [-0.05, 0) is 51.3 Å². The molecule has 1 aromatic carbocycles. The molecule has 0 spiro atoms. The number of amides is 4. The molecule has 0 saturated carbocycles. The van der Waals surface area contributed by atoms with Crippen LogP contribution in [0.15, 0.2) is 29.2 Å². The molecule has 1 aliphatic rings. The lowest BCUT2D eigenvalue weighted by Gasteiger charge is -2.34. The molecule has 2 rings (SSSR count). The predicted octanol–water partition coefficient (Wildman–Crippen LogP) is 2.17. The summed E-state index contributed by atoms with van der Waals surface area (Å²) in [6, 6.07) is 4.97. The molecule has 224 valence electrons.